The zero-order valence-electron chi connectivity index (χ0n) is 11.3. The molecule has 0 radical (unpaired) electrons. The molecule has 1 aliphatic rings. The number of rotatable bonds is 3. The number of carboxylic acids is 1. The third-order valence-corrected chi connectivity index (χ3v) is 3.24. The van der Waals surface area contributed by atoms with Crippen LogP contribution in [0.2, 0.25) is 0 Å². The van der Waals surface area contributed by atoms with Crippen molar-refractivity contribution in [2.24, 2.45) is 0 Å². The third-order valence-electron chi connectivity index (χ3n) is 3.24. The van der Waals surface area contributed by atoms with Crippen LogP contribution in [0.4, 0.5) is 5.69 Å². The predicted molar refractivity (Wildman–Crippen MR) is 73.5 cm³/mol. The minimum absolute atomic E-state index is 0.0387. The van der Waals surface area contributed by atoms with Gasteiger partial charge in [0.25, 0.3) is 5.91 Å². The molecule has 6 heteroatoms. The fourth-order valence-corrected chi connectivity index (χ4v) is 2.22. The molecule has 1 aliphatic heterocycles. The highest BCUT2D eigenvalue weighted by molar-refractivity contribution is 5.97. The molecule has 6 nitrogen and oxygen atoms in total. The average Bonchev–Trinajstić information content (AvgIpc) is 2.91. The molecule has 0 unspecified atom stereocenters. The van der Waals surface area contributed by atoms with E-state index >= 15 is 0 Å². The largest absolute Gasteiger partial charge is 0.482 e. The molecule has 0 bridgehead atoms. The van der Waals surface area contributed by atoms with E-state index < -0.39 is 5.97 Å². The van der Waals surface area contributed by atoms with Crippen molar-refractivity contribution in [3.63, 3.8) is 0 Å². The second-order valence-electron chi connectivity index (χ2n) is 4.81. The summed E-state index contributed by atoms with van der Waals surface area (Å²) < 4.78 is 10.6. The molecule has 1 N–H and O–H groups in total. The number of anilines is 1. The van der Waals surface area contributed by atoms with Gasteiger partial charge in [0.15, 0.2) is 6.61 Å². The fraction of sp³-hybridized carbons (Fsp3) is 0.200. The number of carbonyl (C=O) groups is 2. The smallest absolute Gasteiger partial charge is 0.371 e. The van der Waals surface area contributed by atoms with Gasteiger partial charge in [-0.3, -0.25) is 9.69 Å². The lowest BCUT2D eigenvalue weighted by Gasteiger charge is -2.28. The molecular formula is C15H13NO5. The van der Waals surface area contributed by atoms with Crippen LogP contribution < -0.4 is 9.64 Å². The molecule has 0 atom stereocenters. The van der Waals surface area contributed by atoms with Crippen LogP contribution in [0.1, 0.15) is 21.9 Å². The predicted octanol–water partition coefficient (Wildman–Crippen LogP) is 2.21. The molecule has 1 aromatic carbocycles. The van der Waals surface area contributed by atoms with Gasteiger partial charge in [0, 0.05) is 0 Å². The lowest BCUT2D eigenvalue weighted by atomic mass is 10.1. The molecule has 108 valence electrons. The topological polar surface area (TPSA) is 80.0 Å². The number of carbonyl (C=O) groups excluding carboxylic acids is 1. The van der Waals surface area contributed by atoms with Crippen LogP contribution in [-0.4, -0.2) is 23.6 Å². The van der Waals surface area contributed by atoms with Crippen LogP contribution in [-0.2, 0) is 11.3 Å². The summed E-state index contributed by atoms with van der Waals surface area (Å²) in [6.07, 6.45) is 0. The van der Waals surface area contributed by atoms with Crippen molar-refractivity contribution >= 4 is 17.6 Å². The van der Waals surface area contributed by atoms with Gasteiger partial charge in [-0.2, -0.15) is 0 Å². The minimum Gasteiger partial charge on any atom is -0.482 e. The first kappa shape index (κ1) is 13.2. The highest BCUT2D eigenvalue weighted by Gasteiger charge is 2.26. The van der Waals surface area contributed by atoms with Crippen molar-refractivity contribution in [1.29, 1.82) is 0 Å². The third kappa shape index (κ3) is 2.47. The second kappa shape index (κ2) is 4.97. The number of hydrogen-bond acceptors (Lipinski definition) is 4. The molecule has 0 saturated heterocycles. The molecule has 2 aromatic rings. The number of amides is 1. The molecular weight excluding hydrogens is 274 g/mol. The van der Waals surface area contributed by atoms with E-state index in [2.05, 4.69) is 0 Å². The first-order valence-electron chi connectivity index (χ1n) is 6.40. The maximum Gasteiger partial charge on any atom is 0.371 e. The van der Waals surface area contributed by atoms with E-state index in [-0.39, 0.29) is 24.8 Å². The van der Waals surface area contributed by atoms with E-state index in [4.69, 9.17) is 14.3 Å². The van der Waals surface area contributed by atoms with Gasteiger partial charge in [0.1, 0.15) is 11.5 Å². The number of benzene rings is 1. The lowest BCUT2D eigenvalue weighted by Crippen LogP contribution is -2.38. The lowest BCUT2D eigenvalue weighted by molar-refractivity contribution is -0.121. The van der Waals surface area contributed by atoms with Crippen molar-refractivity contribution in [3.8, 4) is 5.75 Å². The first-order chi connectivity index (χ1) is 10.0. The van der Waals surface area contributed by atoms with Crippen LogP contribution in [0.25, 0.3) is 0 Å². The summed E-state index contributed by atoms with van der Waals surface area (Å²) in [5.41, 5.74) is 1.69. The molecule has 0 saturated carbocycles. The Morgan fingerprint density at radius 1 is 1.33 bits per heavy atom. The summed E-state index contributed by atoms with van der Waals surface area (Å²) in [7, 11) is 0. The first-order valence-corrected chi connectivity index (χ1v) is 6.40. The maximum atomic E-state index is 12.0. The molecule has 0 fully saturated rings. The van der Waals surface area contributed by atoms with Crippen LogP contribution >= 0.6 is 0 Å². The van der Waals surface area contributed by atoms with Gasteiger partial charge in [-0.15, -0.1) is 0 Å². The van der Waals surface area contributed by atoms with Crippen LogP contribution in [0.3, 0.4) is 0 Å². The van der Waals surface area contributed by atoms with Gasteiger partial charge < -0.3 is 14.3 Å². The number of ether oxygens (including phenoxy) is 1. The van der Waals surface area contributed by atoms with Crippen molar-refractivity contribution in [2.45, 2.75) is 13.5 Å². The Bertz CT molecular complexity index is 719. The molecule has 21 heavy (non-hydrogen) atoms. The Labute approximate surface area is 120 Å². The number of aryl methyl sites for hydroxylation is 1. The van der Waals surface area contributed by atoms with Crippen molar-refractivity contribution in [1.82, 2.24) is 0 Å². The summed E-state index contributed by atoms with van der Waals surface area (Å²) in [5.74, 6) is -0.422. The van der Waals surface area contributed by atoms with E-state index in [1.807, 2.05) is 25.1 Å². The van der Waals surface area contributed by atoms with Crippen LogP contribution in [0.5, 0.6) is 5.75 Å². The van der Waals surface area contributed by atoms with E-state index in [1.165, 1.54) is 11.0 Å². The van der Waals surface area contributed by atoms with Gasteiger partial charge in [0.2, 0.25) is 5.76 Å². The Balaban J connectivity index is 1.90. The Morgan fingerprint density at radius 2 is 2.14 bits per heavy atom. The summed E-state index contributed by atoms with van der Waals surface area (Å²) >= 11 is 0. The number of hydrogen-bond donors (Lipinski definition) is 1. The van der Waals surface area contributed by atoms with Crippen molar-refractivity contribution < 1.29 is 23.8 Å². The Morgan fingerprint density at radius 3 is 2.86 bits per heavy atom. The number of nitrogens with zero attached hydrogens (tertiary/aromatic N) is 1. The van der Waals surface area contributed by atoms with Gasteiger partial charge >= 0.3 is 5.97 Å². The number of carboxylic acid groups (broad SMARTS) is 1. The summed E-state index contributed by atoms with van der Waals surface area (Å²) in [4.78, 5) is 24.4. The zero-order valence-corrected chi connectivity index (χ0v) is 11.3. The zero-order chi connectivity index (χ0) is 15.0. The monoisotopic (exact) mass is 287 g/mol. The van der Waals surface area contributed by atoms with E-state index in [0.29, 0.717) is 17.2 Å². The molecule has 3 rings (SSSR count). The fourth-order valence-electron chi connectivity index (χ4n) is 2.22. The summed E-state index contributed by atoms with van der Waals surface area (Å²) in [5, 5.41) is 8.85. The number of aromatic carboxylic acids is 1. The SMILES string of the molecule is Cc1ccc2c(c1)OCC(=O)N2Cc1ccc(C(=O)O)o1. The highest BCUT2D eigenvalue weighted by Crippen LogP contribution is 2.33. The van der Waals surface area contributed by atoms with Gasteiger partial charge in [-0.25, -0.2) is 4.79 Å². The summed E-state index contributed by atoms with van der Waals surface area (Å²) in [6, 6.07) is 8.49. The number of fused-ring (bicyclic) bond motifs is 1. The van der Waals surface area contributed by atoms with Gasteiger partial charge in [0.05, 0.1) is 12.2 Å². The average molecular weight is 287 g/mol. The van der Waals surface area contributed by atoms with E-state index in [0.717, 1.165) is 5.56 Å². The van der Waals surface area contributed by atoms with Crippen LogP contribution in [0.15, 0.2) is 34.7 Å². The van der Waals surface area contributed by atoms with Crippen LogP contribution in [0, 0.1) is 6.92 Å². The van der Waals surface area contributed by atoms with Crippen molar-refractivity contribution in [2.75, 3.05) is 11.5 Å². The Hall–Kier alpha value is -2.76. The molecule has 2 heterocycles. The standard InChI is InChI=1S/C15H13NO5/c1-9-2-4-11-13(6-9)20-8-14(17)16(11)7-10-3-5-12(21-10)15(18)19/h2-6H,7-8H2,1H3,(H,18,19). The molecule has 0 aliphatic carbocycles. The highest BCUT2D eigenvalue weighted by atomic mass is 16.5. The maximum absolute atomic E-state index is 12.0. The normalized spacial score (nSPS) is 13.8. The number of furan rings is 1. The van der Waals surface area contributed by atoms with Gasteiger partial charge in [-0.1, -0.05) is 6.07 Å². The van der Waals surface area contributed by atoms with Crippen molar-refractivity contribution in [3.05, 3.63) is 47.4 Å². The quantitative estimate of drug-likeness (QED) is 0.936. The Kier molecular flexibility index (Phi) is 3.13. The van der Waals surface area contributed by atoms with E-state index in [9.17, 15) is 9.59 Å². The summed E-state index contributed by atoms with van der Waals surface area (Å²) in [6.45, 7) is 2.07. The molecule has 1 aromatic heterocycles. The van der Waals surface area contributed by atoms with E-state index in [1.54, 1.807) is 6.07 Å². The minimum atomic E-state index is -1.13. The molecule has 1 amide bonds. The molecule has 0 spiro atoms. The second-order valence-corrected chi connectivity index (χ2v) is 4.81. The van der Waals surface area contributed by atoms with Gasteiger partial charge in [-0.05, 0) is 36.8 Å².